The van der Waals surface area contributed by atoms with Gasteiger partial charge in [0.05, 0.1) is 25.3 Å². The van der Waals surface area contributed by atoms with E-state index >= 15 is 0 Å². The predicted molar refractivity (Wildman–Crippen MR) is 234 cm³/mol. The predicted octanol–water partition coefficient (Wildman–Crippen LogP) is 14.1. The minimum Gasteiger partial charge on any atom is -0.495 e. The summed E-state index contributed by atoms with van der Waals surface area (Å²) >= 11 is 24.8. The third-order valence-corrected chi connectivity index (χ3v) is 9.80. The summed E-state index contributed by atoms with van der Waals surface area (Å²) < 4.78 is 11.5. The van der Waals surface area contributed by atoms with E-state index in [1.165, 1.54) is 0 Å². The monoisotopic (exact) mass is 808 g/mol. The van der Waals surface area contributed by atoms with Crippen LogP contribution in [-0.4, -0.2) is 14.2 Å². The lowest BCUT2D eigenvalue weighted by Crippen LogP contribution is -2.09. The largest absolute Gasteiger partial charge is 0.495 e. The number of halogens is 4. The van der Waals surface area contributed by atoms with Crippen molar-refractivity contribution in [3.05, 3.63) is 200 Å². The zero-order valence-corrected chi connectivity index (χ0v) is 33.3. The number of hydrogen-bond acceptors (Lipinski definition) is 4. The molecule has 274 valence electrons. The summed E-state index contributed by atoms with van der Waals surface area (Å²) in [7, 11) is 3.24. The van der Waals surface area contributed by atoms with E-state index in [4.69, 9.17) is 55.9 Å². The lowest BCUT2D eigenvalue weighted by Gasteiger charge is -2.25. The molecular weight excluding hydrogens is 778 g/mol. The van der Waals surface area contributed by atoms with Crippen LogP contribution in [0.4, 0.5) is 34.1 Å². The van der Waals surface area contributed by atoms with Crippen molar-refractivity contribution < 1.29 is 9.47 Å². The zero-order valence-electron chi connectivity index (χ0n) is 30.2. The molecule has 7 aromatic rings. The van der Waals surface area contributed by atoms with Crippen LogP contribution < -0.4 is 19.3 Å². The minimum absolute atomic E-state index is 0.591. The Bertz CT molecular complexity index is 2290. The summed E-state index contributed by atoms with van der Waals surface area (Å²) in [6.45, 7) is 0. The van der Waals surface area contributed by atoms with Crippen LogP contribution in [0.3, 0.4) is 0 Å². The molecule has 0 spiro atoms. The molecular formula is C48H32Cl4N2O2. The summed E-state index contributed by atoms with van der Waals surface area (Å²) in [5.41, 5.74) is 8.78. The Balaban J connectivity index is 1.13. The Hall–Kier alpha value is -5.98. The van der Waals surface area contributed by atoms with Crippen molar-refractivity contribution in [2.75, 3.05) is 24.0 Å². The molecule has 0 radical (unpaired) electrons. The van der Waals surface area contributed by atoms with Gasteiger partial charge in [0.2, 0.25) is 0 Å². The lowest BCUT2D eigenvalue weighted by molar-refractivity contribution is 0.401. The van der Waals surface area contributed by atoms with E-state index in [0.29, 0.717) is 42.7 Å². The maximum Gasteiger partial charge on any atom is 0.136 e. The van der Waals surface area contributed by atoms with Gasteiger partial charge in [-0.1, -0.05) is 70.1 Å². The first kappa shape index (κ1) is 38.3. The highest BCUT2D eigenvalue weighted by atomic mass is 35.5. The van der Waals surface area contributed by atoms with Gasteiger partial charge in [0.15, 0.2) is 0 Å². The van der Waals surface area contributed by atoms with Gasteiger partial charge in [-0.3, -0.25) is 0 Å². The van der Waals surface area contributed by atoms with Crippen molar-refractivity contribution in [2.45, 2.75) is 0 Å². The van der Waals surface area contributed by atoms with Crippen molar-refractivity contribution in [3.63, 3.8) is 0 Å². The third-order valence-electron chi connectivity index (χ3n) is 8.79. The number of hydrogen-bond donors (Lipinski definition) is 0. The molecule has 0 bridgehead atoms. The van der Waals surface area contributed by atoms with Gasteiger partial charge in [-0.2, -0.15) is 0 Å². The second-order valence-corrected chi connectivity index (χ2v) is 14.2. The van der Waals surface area contributed by atoms with Crippen molar-refractivity contribution in [1.82, 2.24) is 0 Å². The number of ether oxygens (including phenoxy) is 2. The van der Waals surface area contributed by atoms with Crippen LogP contribution >= 0.6 is 46.4 Å². The van der Waals surface area contributed by atoms with Crippen molar-refractivity contribution in [2.24, 2.45) is 0 Å². The molecule has 0 saturated heterocycles. The number of rotatable bonds is 8. The summed E-state index contributed by atoms with van der Waals surface area (Å²) in [6.07, 6.45) is 0. The minimum atomic E-state index is 0.591. The van der Waals surface area contributed by atoms with Gasteiger partial charge in [0.25, 0.3) is 0 Å². The molecule has 0 atom stereocenters. The Labute approximate surface area is 347 Å². The van der Waals surface area contributed by atoms with E-state index < -0.39 is 0 Å². The molecule has 0 saturated carbocycles. The fourth-order valence-corrected chi connectivity index (χ4v) is 6.52. The SMILES string of the molecule is COc1cc(C#Cc2ccc(N(c3ccc(Cl)cc3)c3ccc(Cl)cc3)cc2)c(OC)cc1C#Cc1ccc(N(c2ccc(Cl)cc2)c2ccc(Cl)cc2)cc1. The van der Waals surface area contributed by atoms with E-state index in [2.05, 4.69) is 33.5 Å². The molecule has 7 rings (SSSR count). The number of nitrogens with zero attached hydrogens (tertiary/aromatic N) is 2. The number of benzene rings is 7. The highest BCUT2D eigenvalue weighted by molar-refractivity contribution is 6.31. The van der Waals surface area contributed by atoms with Gasteiger partial charge in [-0.05, 0) is 146 Å². The van der Waals surface area contributed by atoms with Gasteiger partial charge >= 0.3 is 0 Å². The molecule has 0 N–H and O–H groups in total. The molecule has 56 heavy (non-hydrogen) atoms. The molecule has 0 heterocycles. The quantitative estimate of drug-likeness (QED) is 0.143. The van der Waals surface area contributed by atoms with Crippen molar-refractivity contribution >= 4 is 80.5 Å². The van der Waals surface area contributed by atoms with Crippen LogP contribution in [0.15, 0.2) is 158 Å². The Morgan fingerprint density at radius 1 is 0.339 bits per heavy atom. The standard InChI is InChI=1S/C48H32Cl4N2O2/c1-55-47-31-36(10-4-34-7-21-42(22-8-34)54(45-27-15-39(51)16-28-45)46-29-17-40(52)18-30-46)48(56-2)32-35(47)9-3-33-5-19-41(20-6-33)53(43-23-11-37(49)12-24-43)44-25-13-38(50)14-26-44/h5-8,11-32H,1-2H3. The molecule has 0 aromatic heterocycles. The van der Waals surface area contributed by atoms with E-state index in [1.807, 2.05) is 158 Å². The van der Waals surface area contributed by atoms with Crippen LogP contribution in [0, 0.1) is 23.7 Å². The van der Waals surface area contributed by atoms with E-state index in [-0.39, 0.29) is 0 Å². The van der Waals surface area contributed by atoms with Crippen LogP contribution in [0.2, 0.25) is 20.1 Å². The van der Waals surface area contributed by atoms with Crippen molar-refractivity contribution in [3.8, 4) is 35.2 Å². The topological polar surface area (TPSA) is 24.9 Å². The van der Waals surface area contributed by atoms with Crippen molar-refractivity contribution in [1.29, 1.82) is 0 Å². The Morgan fingerprint density at radius 2 is 0.571 bits per heavy atom. The second kappa shape index (κ2) is 17.7. The van der Waals surface area contributed by atoms with Gasteiger partial charge in [0, 0.05) is 77.5 Å². The first-order valence-electron chi connectivity index (χ1n) is 17.4. The summed E-state index contributed by atoms with van der Waals surface area (Å²) in [4.78, 5) is 4.26. The van der Waals surface area contributed by atoms with Gasteiger partial charge in [0.1, 0.15) is 11.5 Å². The average molecular weight is 811 g/mol. The molecule has 0 aliphatic heterocycles. The fourth-order valence-electron chi connectivity index (χ4n) is 6.01. The van der Waals surface area contributed by atoms with Gasteiger partial charge < -0.3 is 19.3 Å². The molecule has 0 aliphatic carbocycles. The summed E-state index contributed by atoms with van der Waals surface area (Å²) in [5, 5.41) is 2.67. The molecule has 0 fully saturated rings. The average Bonchev–Trinajstić information content (AvgIpc) is 3.23. The molecule has 0 amide bonds. The maximum atomic E-state index is 6.20. The van der Waals surface area contributed by atoms with E-state index in [1.54, 1.807) is 14.2 Å². The number of anilines is 6. The molecule has 8 heteroatoms. The van der Waals surface area contributed by atoms with Crippen LogP contribution in [0.25, 0.3) is 0 Å². The van der Waals surface area contributed by atoms with Crippen LogP contribution in [-0.2, 0) is 0 Å². The first-order chi connectivity index (χ1) is 27.3. The lowest BCUT2D eigenvalue weighted by atomic mass is 10.1. The first-order valence-corrected chi connectivity index (χ1v) is 18.9. The molecule has 0 unspecified atom stereocenters. The smallest absolute Gasteiger partial charge is 0.136 e. The fraction of sp³-hybridized carbons (Fsp3) is 0.0417. The van der Waals surface area contributed by atoms with Crippen LogP contribution in [0.1, 0.15) is 22.3 Å². The third kappa shape index (κ3) is 9.10. The highest BCUT2D eigenvalue weighted by Gasteiger charge is 2.15. The van der Waals surface area contributed by atoms with Crippen LogP contribution in [0.5, 0.6) is 11.5 Å². The zero-order chi connectivity index (χ0) is 39.0. The van der Waals surface area contributed by atoms with E-state index in [0.717, 1.165) is 45.3 Å². The van der Waals surface area contributed by atoms with E-state index in [9.17, 15) is 0 Å². The van der Waals surface area contributed by atoms with Gasteiger partial charge in [-0.15, -0.1) is 0 Å². The Morgan fingerprint density at radius 3 is 0.804 bits per heavy atom. The molecule has 7 aromatic carbocycles. The van der Waals surface area contributed by atoms with Gasteiger partial charge in [-0.25, -0.2) is 0 Å². The molecule has 4 nitrogen and oxygen atoms in total. The second-order valence-electron chi connectivity index (χ2n) is 12.4. The Kier molecular flexibility index (Phi) is 12.1. The summed E-state index contributed by atoms with van der Waals surface area (Å²) in [5.74, 6) is 14.3. The maximum absolute atomic E-state index is 6.20. The normalized spacial score (nSPS) is 10.4. The number of methoxy groups -OCH3 is 2. The summed E-state index contributed by atoms with van der Waals surface area (Å²) in [6, 6.07) is 50.6. The highest BCUT2D eigenvalue weighted by Crippen LogP contribution is 2.37. The molecule has 0 aliphatic rings.